The Morgan fingerprint density at radius 2 is 2.00 bits per heavy atom. The van der Waals surface area contributed by atoms with Crippen molar-refractivity contribution in [2.45, 2.75) is 88.3 Å². The monoisotopic (exact) mass is 525 g/mol. The second-order valence-corrected chi connectivity index (χ2v) is 12.8. The summed E-state index contributed by atoms with van der Waals surface area (Å²) in [5.74, 6) is -1.63. The summed E-state index contributed by atoms with van der Waals surface area (Å²) in [6, 6.07) is 5.98. The van der Waals surface area contributed by atoms with E-state index in [-0.39, 0.29) is 17.8 Å². The summed E-state index contributed by atoms with van der Waals surface area (Å²) in [5, 5.41) is 14.6. The number of aliphatic hydroxyl groups is 1. The van der Waals surface area contributed by atoms with E-state index >= 15 is 0 Å². The fraction of sp³-hybridized carbons (Fsp3) is 0.586. The Hall–Kier alpha value is -2.19. The number of esters is 1. The smallest absolute Gasteiger partial charge is 0.303 e. The van der Waals surface area contributed by atoms with E-state index < -0.39 is 34.5 Å². The molecule has 0 unspecified atom stereocenters. The number of benzene rings is 1. The average Bonchev–Trinajstić information content (AvgIpc) is 3.33. The highest BCUT2D eigenvalue weighted by atomic mass is 35.5. The van der Waals surface area contributed by atoms with Gasteiger partial charge in [0.1, 0.15) is 0 Å². The van der Waals surface area contributed by atoms with E-state index in [1.165, 1.54) is 29.6 Å². The summed E-state index contributed by atoms with van der Waals surface area (Å²) in [7, 11) is 0. The van der Waals surface area contributed by atoms with Crippen molar-refractivity contribution in [1.82, 2.24) is 4.98 Å². The number of nitrogens with one attached hydrogen (secondary N) is 1. The summed E-state index contributed by atoms with van der Waals surface area (Å²) in [6.45, 7) is 7.45. The summed E-state index contributed by atoms with van der Waals surface area (Å²) in [6.07, 6.45) is 4.00. The highest BCUT2D eigenvalue weighted by Crippen LogP contribution is 2.71. The molecule has 1 aromatic heterocycles. The van der Waals surface area contributed by atoms with Gasteiger partial charge in [0.25, 0.3) is 0 Å². The first-order valence-electron chi connectivity index (χ1n) is 13.2. The number of hydrogen-bond acceptors (Lipinski definition) is 6. The van der Waals surface area contributed by atoms with Crippen molar-refractivity contribution in [3.63, 3.8) is 0 Å². The number of halogens is 1. The Kier molecular flexibility index (Phi) is 4.56. The highest BCUT2D eigenvalue weighted by Gasteiger charge is 2.74. The summed E-state index contributed by atoms with van der Waals surface area (Å²) in [5.41, 5.74) is 0.558. The van der Waals surface area contributed by atoms with E-state index in [1.807, 2.05) is 12.1 Å². The van der Waals surface area contributed by atoms with Gasteiger partial charge in [-0.25, -0.2) is 0 Å². The van der Waals surface area contributed by atoms with Crippen LogP contribution in [0.5, 0.6) is 0 Å². The van der Waals surface area contributed by atoms with Gasteiger partial charge in [-0.2, -0.15) is 0 Å². The molecule has 2 aliphatic heterocycles. The molecule has 196 valence electrons. The van der Waals surface area contributed by atoms with Gasteiger partial charge < -0.3 is 24.3 Å². The van der Waals surface area contributed by atoms with E-state index in [4.69, 9.17) is 25.8 Å². The van der Waals surface area contributed by atoms with E-state index in [0.717, 1.165) is 18.4 Å². The number of ketones is 1. The van der Waals surface area contributed by atoms with Crippen LogP contribution >= 0.6 is 11.6 Å². The minimum atomic E-state index is -1.30. The van der Waals surface area contributed by atoms with Crippen LogP contribution in [0.4, 0.5) is 0 Å². The molecule has 0 amide bonds. The third-order valence-corrected chi connectivity index (χ3v) is 11.0. The van der Waals surface area contributed by atoms with E-state index in [2.05, 4.69) is 24.9 Å². The number of fused-ring (bicyclic) bond motifs is 9. The van der Waals surface area contributed by atoms with Gasteiger partial charge in [-0.3, -0.25) is 9.59 Å². The molecule has 2 saturated carbocycles. The third kappa shape index (κ3) is 2.69. The second-order valence-electron chi connectivity index (χ2n) is 12.4. The first kappa shape index (κ1) is 23.9. The second kappa shape index (κ2) is 7.06. The topological polar surface area (TPSA) is 97.9 Å². The Morgan fingerprint density at radius 1 is 1.22 bits per heavy atom. The number of ether oxygens (including phenoxy) is 3. The van der Waals surface area contributed by atoms with Crippen molar-refractivity contribution in [3.05, 3.63) is 46.1 Å². The van der Waals surface area contributed by atoms with Crippen LogP contribution < -0.4 is 0 Å². The maximum absolute atomic E-state index is 13.5. The highest BCUT2D eigenvalue weighted by molar-refractivity contribution is 6.31. The molecule has 0 radical (unpaired) electrons. The molecule has 7 rings (SSSR count). The molecule has 3 aliphatic carbocycles. The Labute approximate surface area is 220 Å². The van der Waals surface area contributed by atoms with Crippen molar-refractivity contribution in [1.29, 1.82) is 0 Å². The van der Waals surface area contributed by atoms with Crippen LogP contribution in [0.2, 0.25) is 5.02 Å². The van der Waals surface area contributed by atoms with Gasteiger partial charge in [-0.1, -0.05) is 31.5 Å². The minimum absolute atomic E-state index is 0.0277. The maximum atomic E-state index is 13.5. The zero-order valence-corrected chi connectivity index (χ0v) is 22.3. The zero-order valence-electron chi connectivity index (χ0n) is 21.6. The molecule has 1 spiro atoms. The molecular formula is C29H32ClNO6. The molecule has 3 fully saturated rings. The Balaban J connectivity index is 1.36. The van der Waals surface area contributed by atoms with Gasteiger partial charge in [0, 0.05) is 51.4 Å². The first-order chi connectivity index (χ1) is 17.4. The van der Waals surface area contributed by atoms with Gasteiger partial charge in [0.15, 0.2) is 23.3 Å². The van der Waals surface area contributed by atoms with Crippen LogP contribution in [0, 0.1) is 11.3 Å². The van der Waals surface area contributed by atoms with Crippen molar-refractivity contribution < 1.29 is 28.9 Å². The SMILES string of the molecule is CC(=O)O[C@]1(C)CO[C@@]23CC[C@@]4(C)[C@@]5(C)c6[nH]c7cc(Cl)ccc7c6C[C@@H]5CC[C@]4(O)C2=CC(=O)[C@H]1O3. The van der Waals surface area contributed by atoms with Crippen LogP contribution in [0.25, 0.3) is 10.9 Å². The fourth-order valence-corrected chi connectivity index (χ4v) is 8.85. The predicted octanol–water partition coefficient (Wildman–Crippen LogP) is 4.52. The quantitative estimate of drug-likeness (QED) is 0.531. The van der Waals surface area contributed by atoms with Gasteiger partial charge in [-0.15, -0.1) is 0 Å². The number of carbonyl (C=O) groups excluding carboxylic acids is 2. The molecule has 5 aliphatic rings. The van der Waals surface area contributed by atoms with Crippen LogP contribution in [-0.4, -0.2) is 51.5 Å². The van der Waals surface area contributed by atoms with Crippen molar-refractivity contribution >= 4 is 34.3 Å². The van der Waals surface area contributed by atoms with E-state index in [9.17, 15) is 14.7 Å². The summed E-state index contributed by atoms with van der Waals surface area (Å²) >= 11 is 6.31. The molecule has 2 aromatic rings. The largest absolute Gasteiger partial charge is 0.454 e. The number of H-pyrrole nitrogens is 1. The number of aromatic nitrogens is 1. The van der Waals surface area contributed by atoms with E-state index in [1.54, 1.807) is 6.92 Å². The van der Waals surface area contributed by atoms with Crippen molar-refractivity contribution in [2.24, 2.45) is 11.3 Å². The lowest BCUT2D eigenvalue weighted by molar-refractivity contribution is -0.350. The fourth-order valence-electron chi connectivity index (χ4n) is 8.68. The van der Waals surface area contributed by atoms with Gasteiger partial charge in [0.2, 0.25) is 0 Å². The third-order valence-electron chi connectivity index (χ3n) is 10.8. The molecular weight excluding hydrogens is 494 g/mol. The molecule has 1 aromatic carbocycles. The first-order valence-corrected chi connectivity index (χ1v) is 13.6. The van der Waals surface area contributed by atoms with Gasteiger partial charge in [-0.05, 0) is 62.3 Å². The lowest BCUT2D eigenvalue weighted by atomic mass is 9.42. The Morgan fingerprint density at radius 3 is 2.76 bits per heavy atom. The normalized spacial score (nSPS) is 43.9. The molecule has 3 heterocycles. The Bertz CT molecular complexity index is 1430. The van der Waals surface area contributed by atoms with Crippen LogP contribution in [0.1, 0.15) is 64.6 Å². The minimum Gasteiger partial charge on any atom is -0.454 e. The lowest BCUT2D eigenvalue weighted by Gasteiger charge is -2.67. The number of carbonyl (C=O) groups is 2. The average molecular weight is 526 g/mol. The van der Waals surface area contributed by atoms with Crippen LogP contribution in [0.3, 0.4) is 0 Å². The van der Waals surface area contributed by atoms with Crippen LogP contribution in [0.15, 0.2) is 29.8 Å². The molecule has 37 heavy (non-hydrogen) atoms. The molecule has 8 heteroatoms. The molecule has 7 nitrogen and oxygen atoms in total. The summed E-state index contributed by atoms with van der Waals surface area (Å²) < 4.78 is 18.2. The van der Waals surface area contributed by atoms with Gasteiger partial charge in [0.05, 0.1) is 12.2 Å². The predicted molar refractivity (Wildman–Crippen MR) is 136 cm³/mol. The molecule has 2 bridgehead atoms. The molecule has 1 saturated heterocycles. The van der Waals surface area contributed by atoms with Gasteiger partial charge >= 0.3 is 5.97 Å². The number of rotatable bonds is 1. The van der Waals surface area contributed by atoms with Crippen LogP contribution in [-0.2, 0) is 35.6 Å². The standard InChI is InChI=1S/C29H32ClNO6/c1-15(32)36-25(2)14-35-29-10-9-26(3)27(4)16(7-8-28(26,34)22(29)13-21(33)24(25)37-29)11-19-18-6-5-17(30)12-20(18)31-23(19)27/h5-6,12-13,16,24,31,34H,7-11,14H2,1-4H3/t16-,24+,25+,26-,27+,28-,29+/m0/s1. The summed E-state index contributed by atoms with van der Waals surface area (Å²) in [4.78, 5) is 28.9. The number of aromatic amines is 1. The van der Waals surface area contributed by atoms with Crippen molar-refractivity contribution in [3.8, 4) is 0 Å². The van der Waals surface area contributed by atoms with Crippen molar-refractivity contribution in [2.75, 3.05) is 6.61 Å². The number of hydrogen-bond donors (Lipinski definition) is 2. The molecule has 7 atom stereocenters. The maximum Gasteiger partial charge on any atom is 0.303 e. The molecule has 2 N–H and O–H groups in total. The lowest BCUT2D eigenvalue weighted by Crippen LogP contribution is -2.74. The zero-order chi connectivity index (χ0) is 26.2. The van der Waals surface area contributed by atoms with E-state index in [0.29, 0.717) is 35.8 Å².